The Balaban J connectivity index is 1.40. The molecule has 3 heterocycles. The van der Waals surface area contributed by atoms with Gasteiger partial charge in [0.15, 0.2) is 5.92 Å². The van der Waals surface area contributed by atoms with Crippen LogP contribution in [-0.2, 0) is 19.1 Å². The molecule has 2 fully saturated rings. The van der Waals surface area contributed by atoms with Crippen LogP contribution >= 0.6 is 11.6 Å². The summed E-state index contributed by atoms with van der Waals surface area (Å²) >= 11 is 5.81. The number of hydrazine groups is 1. The number of alkyl halides is 3. The average molecular weight is 524 g/mol. The highest BCUT2D eigenvalue weighted by Crippen LogP contribution is 2.30. The number of hydrogen-bond donors (Lipinski definition) is 3. The third-order valence-corrected chi connectivity index (χ3v) is 5.89. The van der Waals surface area contributed by atoms with Gasteiger partial charge in [0.05, 0.1) is 49.7 Å². The van der Waals surface area contributed by atoms with Gasteiger partial charge in [-0.3, -0.25) is 15.0 Å². The van der Waals surface area contributed by atoms with Gasteiger partial charge in [0, 0.05) is 45.9 Å². The van der Waals surface area contributed by atoms with Crippen molar-refractivity contribution >= 4 is 29.4 Å². The summed E-state index contributed by atoms with van der Waals surface area (Å²) in [6.07, 6.45) is -1.52. The van der Waals surface area contributed by atoms with Gasteiger partial charge in [-0.05, 0) is 0 Å². The van der Waals surface area contributed by atoms with Crippen LogP contribution in [0.4, 0.5) is 19.1 Å². The molecule has 0 spiro atoms. The third kappa shape index (κ3) is 7.87. The van der Waals surface area contributed by atoms with E-state index in [1.54, 1.807) is 4.90 Å². The number of aromatic nitrogens is 2. The highest BCUT2D eigenvalue weighted by Gasteiger charge is 2.51. The maximum Gasteiger partial charge on any atom is 0.402 e. The lowest BCUT2D eigenvalue weighted by Crippen LogP contribution is -2.65. The van der Waals surface area contributed by atoms with Gasteiger partial charge in [-0.15, -0.1) is 0 Å². The number of anilines is 1. The van der Waals surface area contributed by atoms with Gasteiger partial charge in [0.1, 0.15) is 0 Å². The van der Waals surface area contributed by atoms with Crippen molar-refractivity contribution in [1.29, 1.82) is 0 Å². The Kier molecular flexibility index (Phi) is 9.86. The van der Waals surface area contributed by atoms with Crippen LogP contribution in [0.5, 0.6) is 0 Å². The summed E-state index contributed by atoms with van der Waals surface area (Å²) in [4.78, 5) is 36.3. The molecule has 1 aromatic heterocycles. The molecule has 35 heavy (non-hydrogen) atoms. The first-order valence-electron chi connectivity index (χ1n) is 11.1. The molecule has 0 bridgehead atoms. The molecule has 2 saturated heterocycles. The van der Waals surface area contributed by atoms with Crippen LogP contribution in [0.3, 0.4) is 0 Å². The number of nitrogens with zero attached hydrogens (tertiary/aromatic N) is 4. The number of carbonyl (C=O) groups is 2. The van der Waals surface area contributed by atoms with Crippen LogP contribution in [0.2, 0.25) is 5.02 Å². The molecule has 3 N–H and O–H groups in total. The van der Waals surface area contributed by atoms with Gasteiger partial charge < -0.3 is 24.6 Å². The number of halogens is 4. The summed E-state index contributed by atoms with van der Waals surface area (Å²) in [5.74, 6) is -2.86. The second kappa shape index (κ2) is 12.6. The summed E-state index contributed by atoms with van der Waals surface area (Å²) in [6.45, 7) is 2.27. The molecule has 15 heteroatoms. The van der Waals surface area contributed by atoms with Crippen LogP contribution in [0.15, 0.2) is 12.4 Å². The van der Waals surface area contributed by atoms with Gasteiger partial charge in [0.25, 0.3) is 0 Å². The van der Waals surface area contributed by atoms with Crippen molar-refractivity contribution in [3.05, 3.63) is 17.4 Å². The topological polar surface area (TPSA) is 121 Å². The van der Waals surface area contributed by atoms with Crippen LogP contribution in [0, 0.1) is 5.92 Å². The second-order valence-corrected chi connectivity index (χ2v) is 8.65. The first-order chi connectivity index (χ1) is 16.7. The van der Waals surface area contributed by atoms with E-state index in [0.717, 1.165) is 0 Å². The van der Waals surface area contributed by atoms with Crippen molar-refractivity contribution < 1.29 is 32.2 Å². The molecule has 3 rings (SSSR count). The predicted octanol–water partition coefficient (Wildman–Crippen LogP) is -0.0286. The molecule has 3 atom stereocenters. The SMILES string of the molecule is COC[C@@H](COCCC(=O)N1CCN(c2ncc(Cl)cn2)CC1)NC1CNNC(=O)C1C(F)(F)F. The van der Waals surface area contributed by atoms with Crippen molar-refractivity contribution in [3.8, 4) is 0 Å². The first kappa shape index (κ1) is 27.3. The highest BCUT2D eigenvalue weighted by atomic mass is 35.5. The Labute approximate surface area is 205 Å². The minimum absolute atomic E-state index is 0.0193. The number of piperazine rings is 1. The van der Waals surface area contributed by atoms with E-state index >= 15 is 0 Å². The predicted molar refractivity (Wildman–Crippen MR) is 120 cm³/mol. The van der Waals surface area contributed by atoms with Gasteiger partial charge in [0.2, 0.25) is 17.8 Å². The van der Waals surface area contributed by atoms with Gasteiger partial charge in [-0.2, -0.15) is 13.2 Å². The lowest BCUT2D eigenvalue weighted by molar-refractivity contribution is -0.193. The minimum atomic E-state index is -4.70. The quantitative estimate of drug-likeness (QED) is 0.363. The van der Waals surface area contributed by atoms with E-state index in [0.29, 0.717) is 37.1 Å². The minimum Gasteiger partial charge on any atom is -0.383 e. The molecule has 2 aliphatic heterocycles. The molecular weight excluding hydrogens is 495 g/mol. The molecule has 2 amide bonds. The van der Waals surface area contributed by atoms with Gasteiger partial charge >= 0.3 is 6.18 Å². The fraction of sp³-hybridized carbons (Fsp3) is 0.700. The van der Waals surface area contributed by atoms with Crippen LogP contribution in [0.1, 0.15) is 6.42 Å². The normalized spacial score (nSPS) is 22.1. The molecule has 0 radical (unpaired) electrons. The van der Waals surface area contributed by atoms with E-state index in [9.17, 15) is 22.8 Å². The molecule has 2 unspecified atom stereocenters. The van der Waals surface area contributed by atoms with E-state index in [1.165, 1.54) is 19.5 Å². The second-order valence-electron chi connectivity index (χ2n) is 8.21. The Morgan fingerprint density at radius 3 is 2.57 bits per heavy atom. The van der Waals surface area contributed by atoms with E-state index in [4.69, 9.17) is 21.1 Å². The lowest BCUT2D eigenvalue weighted by Gasteiger charge is -2.35. The number of rotatable bonds is 10. The standard InChI is InChI=1S/C20H29ClF3N7O4/c1-34-11-14(28-15-10-27-29-18(33)17(15)20(22,23)24)12-35-7-2-16(32)30-3-5-31(6-4-30)19-25-8-13(21)9-26-19/h8-9,14-15,17,27-28H,2-7,10-12H2,1H3,(H,29,33)/t14-,15?,17?/m0/s1. The monoisotopic (exact) mass is 523 g/mol. The molecule has 0 saturated carbocycles. The number of ether oxygens (including phenoxy) is 2. The van der Waals surface area contributed by atoms with Crippen molar-refractivity contribution in [1.82, 2.24) is 31.0 Å². The Morgan fingerprint density at radius 2 is 1.94 bits per heavy atom. The molecule has 196 valence electrons. The highest BCUT2D eigenvalue weighted by molar-refractivity contribution is 6.30. The van der Waals surface area contributed by atoms with Crippen LogP contribution in [-0.4, -0.2) is 105 Å². The molecule has 2 aliphatic rings. The molecule has 1 aromatic rings. The van der Waals surface area contributed by atoms with Gasteiger partial charge in [-0.25, -0.2) is 15.4 Å². The van der Waals surface area contributed by atoms with Crippen molar-refractivity contribution in [3.63, 3.8) is 0 Å². The number of carbonyl (C=O) groups excluding carboxylic acids is 2. The molecule has 0 aliphatic carbocycles. The zero-order valence-corrected chi connectivity index (χ0v) is 19.9. The van der Waals surface area contributed by atoms with Crippen molar-refractivity contribution in [2.75, 3.05) is 64.6 Å². The van der Waals surface area contributed by atoms with E-state index in [1.807, 2.05) is 10.3 Å². The van der Waals surface area contributed by atoms with Gasteiger partial charge in [-0.1, -0.05) is 11.6 Å². The average Bonchev–Trinajstić information content (AvgIpc) is 2.81. The number of amides is 2. The fourth-order valence-corrected chi connectivity index (χ4v) is 4.07. The molecule has 11 nitrogen and oxygen atoms in total. The van der Waals surface area contributed by atoms with Crippen LogP contribution in [0.25, 0.3) is 0 Å². The number of methoxy groups -OCH3 is 1. The summed E-state index contributed by atoms with van der Waals surface area (Å²) in [5.41, 5.74) is 4.47. The number of hydrogen-bond acceptors (Lipinski definition) is 9. The molecular formula is C20H29ClF3N7O4. The van der Waals surface area contributed by atoms with Crippen LogP contribution < -0.4 is 21.1 Å². The smallest absolute Gasteiger partial charge is 0.383 e. The first-order valence-corrected chi connectivity index (χ1v) is 11.5. The van der Waals surface area contributed by atoms with E-state index < -0.39 is 30.1 Å². The fourth-order valence-electron chi connectivity index (χ4n) is 3.97. The third-order valence-electron chi connectivity index (χ3n) is 5.69. The van der Waals surface area contributed by atoms with E-state index in [-0.39, 0.29) is 38.7 Å². The molecule has 0 aromatic carbocycles. The Morgan fingerprint density at radius 1 is 1.26 bits per heavy atom. The summed E-state index contributed by atoms with van der Waals surface area (Å²) in [5, 5.41) is 3.26. The Hall–Kier alpha value is -2.26. The summed E-state index contributed by atoms with van der Waals surface area (Å²) < 4.78 is 50.7. The van der Waals surface area contributed by atoms with Crippen molar-refractivity contribution in [2.45, 2.75) is 24.7 Å². The van der Waals surface area contributed by atoms with E-state index in [2.05, 4.69) is 20.7 Å². The largest absolute Gasteiger partial charge is 0.402 e. The Bertz CT molecular complexity index is 841. The van der Waals surface area contributed by atoms with Crippen molar-refractivity contribution in [2.24, 2.45) is 5.92 Å². The maximum absolute atomic E-state index is 13.3. The summed E-state index contributed by atoms with van der Waals surface area (Å²) in [7, 11) is 1.42. The lowest BCUT2D eigenvalue weighted by atomic mass is 9.96. The number of nitrogens with one attached hydrogen (secondary N) is 3. The zero-order valence-electron chi connectivity index (χ0n) is 19.2. The summed E-state index contributed by atoms with van der Waals surface area (Å²) in [6, 6.07) is -1.78. The zero-order chi connectivity index (χ0) is 25.4. The maximum atomic E-state index is 13.3.